The van der Waals surface area contributed by atoms with Gasteiger partial charge in [0.05, 0.1) is 6.61 Å². The molecule has 0 aromatic carbocycles. The van der Waals surface area contributed by atoms with E-state index in [0.717, 1.165) is 0 Å². The maximum Gasteiger partial charge on any atom is 0.374 e. The lowest BCUT2D eigenvalue weighted by molar-refractivity contribution is -0.166. The first kappa shape index (κ1) is 14.1. The van der Waals surface area contributed by atoms with E-state index in [2.05, 4.69) is 0 Å². The molecule has 0 aliphatic rings. The standard InChI is InChI=1S/C5H9F2NO3.ClH/c6-5(7,4(10)11)1-3(8)2-9;/h3,9H,1-2,8H2,(H,10,11);1H/t3-;/m0./s1. The molecule has 0 saturated heterocycles. The Hall–Kier alpha value is -0.460. The van der Waals surface area contributed by atoms with Gasteiger partial charge in [-0.05, 0) is 0 Å². The van der Waals surface area contributed by atoms with Crippen molar-refractivity contribution in [1.82, 2.24) is 0 Å². The van der Waals surface area contributed by atoms with Crippen molar-refractivity contribution < 1.29 is 23.8 Å². The molecule has 0 saturated carbocycles. The number of carboxylic acids is 1. The van der Waals surface area contributed by atoms with Crippen LogP contribution in [0.2, 0.25) is 0 Å². The Morgan fingerprint density at radius 2 is 2.00 bits per heavy atom. The lowest BCUT2D eigenvalue weighted by Crippen LogP contribution is -2.38. The minimum Gasteiger partial charge on any atom is -0.477 e. The Bertz CT molecular complexity index is 156. The van der Waals surface area contributed by atoms with Gasteiger partial charge >= 0.3 is 11.9 Å². The van der Waals surface area contributed by atoms with Crippen LogP contribution in [0.5, 0.6) is 0 Å². The normalized spacial score (nSPS) is 13.3. The number of hydrogen-bond donors (Lipinski definition) is 3. The van der Waals surface area contributed by atoms with Crippen molar-refractivity contribution in [2.45, 2.75) is 18.4 Å². The first-order chi connectivity index (χ1) is 4.90. The Morgan fingerprint density at radius 1 is 1.58 bits per heavy atom. The van der Waals surface area contributed by atoms with Gasteiger partial charge in [-0.1, -0.05) is 0 Å². The number of aliphatic carboxylic acids is 1. The molecule has 0 spiro atoms. The molecule has 0 aromatic rings. The molecule has 0 aliphatic heterocycles. The number of carboxylic acid groups (broad SMARTS) is 1. The van der Waals surface area contributed by atoms with Gasteiger partial charge in [-0.25, -0.2) is 4.79 Å². The fourth-order valence-corrected chi connectivity index (χ4v) is 0.481. The first-order valence-electron chi connectivity index (χ1n) is 2.88. The summed E-state index contributed by atoms with van der Waals surface area (Å²) in [7, 11) is 0. The summed E-state index contributed by atoms with van der Waals surface area (Å²) in [6.07, 6.45) is -1.04. The predicted molar refractivity (Wildman–Crippen MR) is 39.5 cm³/mol. The van der Waals surface area contributed by atoms with Crippen molar-refractivity contribution >= 4 is 18.4 Å². The van der Waals surface area contributed by atoms with Gasteiger partial charge in [0.1, 0.15) is 0 Å². The number of rotatable bonds is 4. The molecule has 7 heteroatoms. The van der Waals surface area contributed by atoms with Crippen LogP contribution in [-0.2, 0) is 4.79 Å². The lowest BCUT2D eigenvalue weighted by atomic mass is 10.1. The Balaban J connectivity index is 0. The summed E-state index contributed by atoms with van der Waals surface area (Å²) in [6.45, 7) is -0.650. The Morgan fingerprint density at radius 3 is 2.25 bits per heavy atom. The van der Waals surface area contributed by atoms with E-state index in [1.54, 1.807) is 0 Å². The van der Waals surface area contributed by atoms with Gasteiger partial charge in [0.2, 0.25) is 0 Å². The highest BCUT2D eigenvalue weighted by molar-refractivity contribution is 5.85. The summed E-state index contributed by atoms with van der Waals surface area (Å²) < 4.78 is 24.4. The van der Waals surface area contributed by atoms with Crippen LogP contribution in [0.1, 0.15) is 6.42 Å². The van der Waals surface area contributed by atoms with Crippen LogP contribution in [0.3, 0.4) is 0 Å². The molecule has 0 rings (SSSR count). The van der Waals surface area contributed by atoms with E-state index in [9.17, 15) is 13.6 Å². The minimum absolute atomic E-state index is 0. The molecule has 0 aromatic heterocycles. The maximum absolute atomic E-state index is 12.2. The average Bonchev–Trinajstić information content (AvgIpc) is 1.86. The number of nitrogens with two attached hydrogens (primary N) is 1. The predicted octanol–water partition coefficient (Wildman–Crippen LogP) is -0.162. The van der Waals surface area contributed by atoms with Crippen LogP contribution in [0.4, 0.5) is 8.78 Å². The van der Waals surface area contributed by atoms with E-state index in [0.29, 0.717) is 0 Å². The molecular weight excluding hydrogens is 196 g/mol. The molecule has 0 unspecified atom stereocenters. The molecule has 4 nitrogen and oxygen atoms in total. The van der Waals surface area contributed by atoms with E-state index in [4.69, 9.17) is 15.9 Å². The molecule has 0 heterocycles. The van der Waals surface area contributed by atoms with Gasteiger partial charge in [0.25, 0.3) is 0 Å². The van der Waals surface area contributed by atoms with Crippen LogP contribution in [0.25, 0.3) is 0 Å². The van der Waals surface area contributed by atoms with Gasteiger partial charge in [0, 0.05) is 12.5 Å². The largest absolute Gasteiger partial charge is 0.477 e. The topological polar surface area (TPSA) is 83.5 Å². The summed E-state index contributed by atoms with van der Waals surface area (Å²) in [6, 6.07) is -1.19. The number of aliphatic hydroxyl groups excluding tert-OH is 1. The number of carbonyl (C=O) groups is 1. The third-order valence-corrected chi connectivity index (χ3v) is 1.07. The van der Waals surface area contributed by atoms with Crippen LogP contribution in [0, 0.1) is 0 Å². The Labute approximate surface area is 73.8 Å². The monoisotopic (exact) mass is 205 g/mol. The second-order valence-electron chi connectivity index (χ2n) is 2.16. The zero-order chi connectivity index (χ0) is 9.07. The summed E-state index contributed by atoms with van der Waals surface area (Å²) in [4.78, 5) is 9.79. The van der Waals surface area contributed by atoms with Crippen molar-refractivity contribution in [1.29, 1.82) is 0 Å². The van der Waals surface area contributed by atoms with E-state index in [1.165, 1.54) is 0 Å². The highest BCUT2D eigenvalue weighted by Gasteiger charge is 2.40. The van der Waals surface area contributed by atoms with Gasteiger partial charge in [-0.3, -0.25) is 0 Å². The van der Waals surface area contributed by atoms with E-state index >= 15 is 0 Å². The van der Waals surface area contributed by atoms with Crippen LogP contribution < -0.4 is 5.73 Å². The highest BCUT2D eigenvalue weighted by Crippen LogP contribution is 2.19. The summed E-state index contributed by atoms with van der Waals surface area (Å²) in [5, 5.41) is 16.1. The zero-order valence-electron chi connectivity index (χ0n) is 6.04. The first-order valence-corrected chi connectivity index (χ1v) is 2.88. The number of hydrogen-bond acceptors (Lipinski definition) is 3. The fraction of sp³-hybridized carbons (Fsp3) is 0.800. The van der Waals surface area contributed by atoms with Gasteiger partial charge in [-0.15, -0.1) is 12.4 Å². The smallest absolute Gasteiger partial charge is 0.374 e. The fourth-order valence-electron chi connectivity index (χ4n) is 0.481. The van der Waals surface area contributed by atoms with Gasteiger partial charge in [0.15, 0.2) is 0 Å². The van der Waals surface area contributed by atoms with Crippen LogP contribution >= 0.6 is 12.4 Å². The molecule has 0 radical (unpaired) electrons. The highest BCUT2D eigenvalue weighted by atomic mass is 35.5. The SMILES string of the molecule is Cl.N[C@H](CO)CC(F)(F)C(=O)O. The quantitative estimate of drug-likeness (QED) is 0.596. The van der Waals surface area contributed by atoms with Crippen LogP contribution in [-0.4, -0.2) is 34.8 Å². The third kappa shape index (κ3) is 4.42. The van der Waals surface area contributed by atoms with Crippen molar-refractivity contribution in [2.24, 2.45) is 5.73 Å². The molecule has 12 heavy (non-hydrogen) atoms. The van der Waals surface area contributed by atoms with Crippen molar-refractivity contribution in [3.8, 4) is 0 Å². The van der Waals surface area contributed by atoms with E-state index in [-0.39, 0.29) is 12.4 Å². The summed E-state index contributed by atoms with van der Waals surface area (Å²) in [5.41, 5.74) is 4.90. The molecular formula is C5H10ClF2NO3. The number of aliphatic hydroxyl groups is 1. The van der Waals surface area contributed by atoms with E-state index in [1.807, 2.05) is 0 Å². The summed E-state index contributed by atoms with van der Waals surface area (Å²) in [5.74, 6) is -6.07. The van der Waals surface area contributed by atoms with E-state index < -0.39 is 31.0 Å². The number of alkyl halides is 2. The Kier molecular flexibility index (Phi) is 6.14. The van der Waals surface area contributed by atoms with Crippen LogP contribution in [0.15, 0.2) is 0 Å². The maximum atomic E-state index is 12.2. The molecule has 0 bridgehead atoms. The summed E-state index contributed by atoms with van der Waals surface area (Å²) >= 11 is 0. The molecule has 0 amide bonds. The van der Waals surface area contributed by atoms with Gasteiger partial charge in [-0.2, -0.15) is 8.78 Å². The van der Waals surface area contributed by atoms with Crippen molar-refractivity contribution in [2.75, 3.05) is 6.61 Å². The second kappa shape index (κ2) is 5.23. The second-order valence-corrected chi connectivity index (χ2v) is 2.16. The molecule has 0 aliphatic carbocycles. The number of halogens is 3. The molecule has 4 N–H and O–H groups in total. The minimum atomic E-state index is -3.85. The molecule has 1 atom stereocenters. The van der Waals surface area contributed by atoms with Crippen molar-refractivity contribution in [3.63, 3.8) is 0 Å². The average molecular weight is 206 g/mol. The molecule has 0 fully saturated rings. The molecule has 74 valence electrons. The lowest BCUT2D eigenvalue weighted by Gasteiger charge is -2.14. The zero-order valence-corrected chi connectivity index (χ0v) is 6.85. The third-order valence-electron chi connectivity index (χ3n) is 1.07. The van der Waals surface area contributed by atoms with Gasteiger partial charge < -0.3 is 15.9 Å². The van der Waals surface area contributed by atoms with Crippen molar-refractivity contribution in [3.05, 3.63) is 0 Å².